The van der Waals surface area contributed by atoms with Crippen molar-refractivity contribution >= 4 is 29.9 Å². The van der Waals surface area contributed by atoms with Gasteiger partial charge in [-0.05, 0) is 23.8 Å². The highest BCUT2D eigenvalue weighted by molar-refractivity contribution is 7.81. The number of thiophene rings is 1. The van der Waals surface area contributed by atoms with Gasteiger partial charge in [-0.25, -0.2) is 4.79 Å². The van der Waals surface area contributed by atoms with Crippen molar-refractivity contribution in [1.29, 1.82) is 5.26 Å². The number of hydrogen-bond acceptors (Lipinski definition) is 6. The number of benzene rings is 1. The molecule has 0 amide bonds. The molecule has 4 nitrogen and oxygen atoms in total. The van der Waals surface area contributed by atoms with Crippen LogP contribution in [0.5, 0.6) is 5.75 Å². The van der Waals surface area contributed by atoms with E-state index in [0.29, 0.717) is 10.4 Å². The van der Waals surface area contributed by atoms with Crippen molar-refractivity contribution in [3.8, 4) is 11.8 Å². The third-order valence-electron chi connectivity index (χ3n) is 2.95. The summed E-state index contributed by atoms with van der Waals surface area (Å²) in [7, 11) is 2.91. The largest absolute Gasteiger partial charge is 0.497 e. The Labute approximate surface area is 132 Å². The number of carbonyl (C=O) groups excluding carboxylic acids is 1. The normalized spacial score (nSPS) is 11.5. The number of nitriles is 1. The van der Waals surface area contributed by atoms with E-state index in [0.717, 1.165) is 16.2 Å². The zero-order valence-electron chi connectivity index (χ0n) is 11.5. The molecule has 0 saturated carbocycles. The van der Waals surface area contributed by atoms with E-state index in [2.05, 4.69) is 23.4 Å². The molecule has 0 saturated heterocycles. The van der Waals surface area contributed by atoms with Gasteiger partial charge in [0.1, 0.15) is 16.7 Å². The molecule has 0 aliphatic rings. The van der Waals surface area contributed by atoms with Crippen molar-refractivity contribution in [2.75, 3.05) is 14.2 Å². The number of methoxy groups -OCH3 is 2. The van der Waals surface area contributed by atoms with Crippen molar-refractivity contribution < 1.29 is 14.3 Å². The summed E-state index contributed by atoms with van der Waals surface area (Å²) in [6.07, 6.45) is 0. The average Bonchev–Trinajstić information content (AvgIpc) is 2.97. The summed E-state index contributed by atoms with van der Waals surface area (Å²) in [5, 5.41) is 8.93. The van der Waals surface area contributed by atoms with Gasteiger partial charge in [0, 0.05) is 4.88 Å². The number of nitrogens with zero attached hydrogens (tertiary/aromatic N) is 1. The highest BCUT2D eigenvalue weighted by Gasteiger charge is 2.21. The number of thiol groups is 1. The van der Waals surface area contributed by atoms with Gasteiger partial charge in [-0.3, -0.25) is 0 Å². The van der Waals surface area contributed by atoms with Crippen LogP contribution in [-0.4, -0.2) is 20.2 Å². The van der Waals surface area contributed by atoms with Crippen molar-refractivity contribution in [1.82, 2.24) is 0 Å². The van der Waals surface area contributed by atoms with Gasteiger partial charge in [0.2, 0.25) is 0 Å². The molecule has 21 heavy (non-hydrogen) atoms. The fourth-order valence-electron chi connectivity index (χ4n) is 1.83. The van der Waals surface area contributed by atoms with Gasteiger partial charge in [-0.1, -0.05) is 12.1 Å². The quantitative estimate of drug-likeness (QED) is 0.693. The summed E-state index contributed by atoms with van der Waals surface area (Å²) in [5.74, 6) is 0.305. The lowest BCUT2D eigenvalue weighted by molar-refractivity contribution is 0.0606. The number of ether oxygens (including phenoxy) is 2. The lowest BCUT2D eigenvalue weighted by Crippen LogP contribution is -1.96. The maximum atomic E-state index is 11.6. The molecular formula is C15H13NO3S2. The Morgan fingerprint density at radius 3 is 2.52 bits per heavy atom. The Morgan fingerprint density at radius 2 is 2.00 bits per heavy atom. The van der Waals surface area contributed by atoms with Gasteiger partial charge in [0.05, 0.1) is 25.0 Å². The molecule has 0 aliphatic carbocycles. The SMILES string of the molecule is COC(=O)c1cc(C#N)c(C(S)c2ccc(OC)cc2)s1. The average molecular weight is 319 g/mol. The molecule has 2 rings (SSSR count). The smallest absolute Gasteiger partial charge is 0.348 e. The number of carbonyl (C=O) groups is 1. The Morgan fingerprint density at radius 1 is 1.33 bits per heavy atom. The zero-order valence-corrected chi connectivity index (χ0v) is 13.2. The molecule has 0 bridgehead atoms. The van der Waals surface area contributed by atoms with E-state index in [1.807, 2.05) is 24.3 Å². The van der Waals surface area contributed by atoms with Crippen LogP contribution >= 0.6 is 24.0 Å². The molecule has 6 heteroatoms. The number of esters is 1. The molecule has 108 valence electrons. The van der Waals surface area contributed by atoms with Gasteiger partial charge < -0.3 is 9.47 Å². The first kappa shape index (κ1) is 15.4. The van der Waals surface area contributed by atoms with Gasteiger partial charge >= 0.3 is 5.97 Å². The van der Waals surface area contributed by atoms with Crippen molar-refractivity contribution in [2.45, 2.75) is 5.25 Å². The summed E-state index contributed by atoms with van der Waals surface area (Å²) >= 11 is 5.80. The second-order valence-corrected chi connectivity index (χ2v) is 5.77. The lowest BCUT2D eigenvalue weighted by atomic mass is 10.1. The summed E-state index contributed by atoms with van der Waals surface area (Å²) in [4.78, 5) is 12.7. The Kier molecular flexibility index (Phi) is 4.89. The van der Waals surface area contributed by atoms with Crippen LogP contribution in [0.4, 0.5) is 0 Å². The second-order valence-electron chi connectivity index (χ2n) is 4.17. The Hall–Kier alpha value is -1.97. The van der Waals surface area contributed by atoms with Crippen LogP contribution in [0.15, 0.2) is 30.3 Å². The van der Waals surface area contributed by atoms with E-state index in [-0.39, 0.29) is 5.25 Å². The first-order chi connectivity index (χ1) is 10.1. The molecule has 1 aromatic carbocycles. The minimum Gasteiger partial charge on any atom is -0.497 e. The second kappa shape index (κ2) is 6.66. The fourth-order valence-corrected chi connectivity index (χ4v) is 3.35. The summed E-state index contributed by atoms with van der Waals surface area (Å²) in [6.45, 7) is 0. The van der Waals surface area contributed by atoms with Crippen LogP contribution < -0.4 is 4.74 Å². The Bertz CT molecular complexity index is 686. The maximum Gasteiger partial charge on any atom is 0.348 e. The zero-order chi connectivity index (χ0) is 15.4. The van der Waals surface area contributed by atoms with Crippen LogP contribution in [0.1, 0.15) is 30.9 Å². The maximum absolute atomic E-state index is 11.6. The predicted octanol–water partition coefficient (Wildman–Crippen LogP) is 3.43. The molecule has 1 unspecified atom stereocenters. The molecule has 0 aliphatic heterocycles. The van der Waals surface area contributed by atoms with Crippen LogP contribution in [-0.2, 0) is 4.74 Å². The van der Waals surface area contributed by atoms with Gasteiger partial charge in [-0.15, -0.1) is 11.3 Å². The van der Waals surface area contributed by atoms with E-state index in [4.69, 9.17) is 4.74 Å². The summed E-state index contributed by atoms with van der Waals surface area (Å²) < 4.78 is 9.80. The molecular weight excluding hydrogens is 306 g/mol. The minimum atomic E-state index is -0.446. The lowest BCUT2D eigenvalue weighted by Gasteiger charge is -2.10. The molecule has 2 aromatic rings. The third-order valence-corrected chi connectivity index (χ3v) is 4.86. The molecule has 0 radical (unpaired) electrons. The minimum absolute atomic E-state index is 0.283. The summed E-state index contributed by atoms with van der Waals surface area (Å²) in [6, 6.07) is 11.1. The molecule has 0 fully saturated rings. The van der Waals surface area contributed by atoms with Gasteiger partial charge in [-0.2, -0.15) is 17.9 Å². The van der Waals surface area contributed by atoms with Crippen molar-refractivity contribution in [3.63, 3.8) is 0 Å². The fraction of sp³-hybridized carbons (Fsp3) is 0.200. The van der Waals surface area contributed by atoms with E-state index < -0.39 is 5.97 Å². The molecule has 0 spiro atoms. The molecule has 1 atom stereocenters. The van der Waals surface area contributed by atoms with Crippen LogP contribution in [0, 0.1) is 11.3 Å². The number of rotatable bonds is 4. The molecule has 1 aromatic heterocycles. The van der Waals surface area contributed by atoms with Crippen LogP contribution in [0.25, 0.3) is 0 Å². The Balaban J connectivity index is 2.37. The highest BCUT2D eigenvalue weighted by Crippen LogP contribution is 2.37. The van der Waals surface area contributed by atoms with E-state index in [1.165, 1.54) is 18.4 Å². The van der Waals surface area contributed by atoms with E-state index >= 15 is 0 Å². The predicted molar refractivity (Wildman–Crippen MR) is 84.2 cm³/mol. The van der Waals surface area contributed by atoms with Crippen LogP contribution in [0.3, 0.4) is 0 Å². The monoisotopic (exact) mass is 319 g/mol. The topological polar surface area (TPSA) is 59.3 Å². The van der Waals surface area contributed by atoms with E-state index in [9.17, 15) is 10.1 Å². The van der Waals surface area contributed by atoms with E-state index in [1.54, 1.807) is 13.2 Å². The van der Waals surface area contributed by atoms with Crippen LogP contribution in [0.2, 0.25) is 0 Å². The highest BCUT2D eigenvalue weighted by atomic mass is 32.1. The van der Waals surface area contributed by atoms with Crippen molar-refractivity contribution in [3.05, 3.63) is 51.2 Å². The third kappa shape index (κ3) is 3.20. The van der Waals surface area contributed by atoms with Gasteiger partial charge in [0.25, 0.3) is 0 Å². The first-order valence-corrected chi connectivity index (χ1v) is 7.38. The number of hydrogen-bond donors (Lipinski definition) is 1. The summed E-state index contributed by atoms with van der Waals surface area (Å²) in [5.41, 5.74) is 1.37. The molecule has 1 heterocycles. The van der Waals surface area contributed by atoms with Gasteiger partial charge in [0.15, 0.2) is 0 Å². The van der Waals surface area contributed by atoms with Crippen molar-refractivity contribution in [2.24, 2.45) is 0 Å². The standard InChI is InChI=1S/C15H13NO3S2/c1-18-11-5-3-9(4-6-11)13(20)14-10(8-16)7-12(21-14)15(17)19-2/h3-7,13,20H,1-2H3. The first-order valence-electron chi connectivity index (χ1n) is 6.04. The molecule has 0 N–H and O–H groups in total.